The number of amides is 1. The third-order valence-electron chi connectivity index (χ3n) is 7.09. The number of hydrogen-bond acceptors (Lipinski definition) is 5. The van der Waals surface area contributed by atoms with E-state index in [-0.39, 0.29) is 17.2 Å². The number of likely N-dealkylation sites (N-methyl/N-ethyl adjacent to an activating group) is 1. The fraction of sp³-hybridized carbons (Fsp3) is 0.480. The first-order valence-electron chi connectivity index (χ1n) is 11.4. The van der Waals surface area contributed by atoms with Gasteiger partial charge >= 0.3 is 0 Å². The van der Waals surface area contributed by atoms with Crippen LogP contribution in [0, 0.1) is 0 Å². The molecule has 2 aromatic rings. The molecule has 32 heavy (non-hydrogen) atoms. The number of carbonyl (C=O) groups is 1. The van der Waals surface area contributed by atoms with Crippen molar-refractivity contribution in [2.45, 2.75) is 55.9 Å². The maximum atomic E-state index is 12.8. The van der Waals surface area contributed by atoms with E-state index in [1.54, 1.807) is 7.05 Å². The summed E-state index contributed by atoms with van der Waals surface area (Å²) in [5.41, 5.74) is 2.41. The third kappa shape index (κ3) is 4.32. The van der Waals surface area contributed by atoms with Gasteiger partial charge in [0, 0.05) is 32.8 Å². The van der Waals surface area contributed by atoms with Crippen molar-refractivity contribution in [2.75, 3.05) is 20.3 Å². The van der Waals surface area contributed by atoms with E-state index in [1.807, 2.05) is 58.9 Å². The fourth-order valence-corrected chi connectivity index (χ4v) is 7.38. The summed E-state index contributed by atoms with van der Waals surface area (Å²) < 4.78 is 29.9. The first kappa shape index (κ1) is 23.3. The van der Waals surface area contributed by atoms with Crippen LogP contribution in [0.4, 0.5) is 0 Å². The molecule has 0 aromatic heterocycles. The molecule has 2 aliphatic rings. The largest absolute Gasteiger partial charge is 0.381 e. The molecule has 174 valence electrons. The lowest BCUT2D eigenvalue weighted by atomic mass is 9.73. The van der Waals surface area contributed by atoms with Crippen LogP contribution in [-0.4, -0.2) is 45.6 Å². The second-order valence-electron chi connectivity index (χ2n) is 8.93. The SMILES string of the molecule is CNC(=O)C1(c2ccc(CN3C(C)CCC(c4ccccc4)S3(O)O)cc2)CCOCC1. The smallest absolute Gasteiger partial charge is 0.230 e. The Morgan fingerprint density at radius 2 is 1.75 bits per heavy atom. The van der Waals surface area contributed by atoms with Gasteiger partial charge in [-0.05, 0) is 49.3 Å². The number of hydrogen-bond donors (Lipinski definition) is 3. The van der Waals surface area contributed by atoms with Gasteiger partial charge in [0.15, 0.2) is 0 Å². The van der Waals surface area contributed by atoms with Crippen LogP contribution < -0.4 is 5.32 Å². The molecule has 6 nitrogen and oxygen atoms in total. The Bertz CT molecular complexity index is 913. The topological polar surface area (TPSA) is 82.0 Å². The molecule has 0 aliphatic carbocycles. The van der Waals surface area contributed by atoms with E-state index < -0.39 is 16.2 Å². The summed E-state index contributed by atoms with van der Waals surface area (Å²) in [4.78, 5) is 12.8. The summed E-state index contributed by atoms with van der Waals surface area (Å²) in [6, 6.07) is 18.0. The lowest BCUT2D eigenvalue weighted by Crippen LogP contribution is -2.46. The molecule has 1 amide bonds. The van der Waals surface area contributed by atoms with Crippen LogP contribution in [0.5, 0.6) is 0 Å². The first-order chi connectivity index (χ1) is 15.4. The van der Waals surface area contributed by atoms with E-state index in [0.717, 1.165) is 29.5 Å². The standard InChI is InChI=1S/C25H34N2O4S/c1-19-8-13-23(21-6-4-3-5-7-21)32(29,30)27(19)18-20-9-11-22(12-10-20)25(24(28)26-2)14-16-31-17-15-25/h3-7,9-12,19,23,29-30H,8,13-18H2,1-2H3,(H,26,28). The predicted octanol–water partition coefficient (Wildman–Crippen LogP) is 4.87. The van der Waals surface area contributed by atoms with Gasteiger partial charge in [-0.2, -0.15) is 4.31 Å². The van der Waals surface area contributed by atoms with E-state index in [2.05, 4.69) is 12.2 Å². The van der Waals surface area contributed by atoms with Gasteiger partial charge in [0.2, 0.25) is 5.91 Å². The van der Waals surface area contributed by atoms with Crippen molar-refractivity contribution in [1.82, 2.24) is 9.62 Å². The van der Waals surface area contributed by atoms with Crippen LogP contribution in [0.1, 0.15) is 54.5 Å². The van der Waals surface area contributed by atoms with E-state index in [0.29, 0.717) is 32.6 Å². The van der Waals surface area contributed by atoms with Crippen molar-refractivity contribution in [3.8, 4) is 0 Å². The van der Waals surface area contributed by atoms with Crippen molar-refractivity contribution in [1.29, 1.82) is 0 Å². The molecular formula is C25H34N2O4S. The molecule has 0 saturated carbocycles. The molecular weight excluding hydrogens is 424 g/mol. The summed E-state index contributed by atoms with van der Waals surface area (Å²) in [7, 11) is -1.29. The molecule has 2 heterocycles. The van der Waals surface area contributed by atoms with Gasteiger partial charge < -0.3 is 10.1 Å². The van der Waals surface area contributed by atoms with Gasteiger partial charge in [-0.1, -0.05) is 54.6 Å². The van der Waals surface area contributed by atoms with Crippen LogP contribution in [0.2, 0.25) is 0 Å². The van der Waals surface area contributed by atoms with Crippen molar-refractivity contribution in [2.24, 2.45) is 0 Å². The van der Waals surface area contributed by atoms with E-state index >= 15 is 0 Å². The van der Waals surface area contributed by atoms with Gasteiger partial charge in [0.05, 0.1) is 10.7 Å². The summed E-state index contributed by atoms with van der Waals surface area (Å²) >= 11 is 0. The molecule has 0 bridgehead atoms. The number of rotatable bonds is 5. The monoisotopic (exact) mass is 458 g/mol. The zero-order valence-corrected chi connectivity index (χ0v) is 19.7. The quantitative estimate of drug-likeness (QED) is 0.595. The number of nitrogens with zero attached hydrogens (tertiary/aromatic N) is 1. The zero-order valence-electron chi connectivity index (χ0n) is 18.9. The van der Waals surface area contributed by atoms with Crippen LogP contribution in [-0.2, 0) is 21.5 Å². The average molecular weight is 459 g/mol. The van der Waals surface area contributed by atoms with Gasteiger partial charge in [0.1, 0.15) is 0 Å². The number of ether oxygens (including phenoxy) is 1. The minimum atomic E-state index is -2.97. The maximum absolute atomic E-state index is 12.8. The second-order valence-corrected chi connectivity index (χ2v) is 11.1. The minimum Gasteiger partial charge on any atom is -0.381 e. The fourth-order valence-electron chi connectivity index (χ4n) is 5.11. The Kier molecular flexibility index (Phi) is 6.93. The van der Waals surface area contributed by atoms with Gasteiger partial charge in [-0.25, -0.2) is 0 Å². The highest BCUT2D eigenvalue weighted by Crippen LogP contribution is 2.62. The molecule has 3 N–H and O–H groups in total. The molecule has 0 spiro atoms. The summed E-state index contributed by atoms with van der Waals surface area (Å²) in [5, 5.41) is 2.55. The summed E-state index contributed by atoms with van der Waals surface area (Å²) in [5.74, 6) is 0.0260. The van der Waals surface area contributed by atoms with Crippen LogP contribution in [0.15, 0.2) is 54.6 Å². The van der Waals surface area contributed by atoms with E-state index in [4.69, 9.17) is 4.74 Å². The molecule has 0 radical (unpaired) electrons. The van der Waals surface area contributed by atoms with Gasteiger partial charge in [-0.3, -0.25) is 13.9 Å². The minimum absolute atomic E-state index is 0.0260. The normalized spacial score (nSPS) is 26.2. The van der Waals surface area contributed by atoms with Crippen molar-refractivity contribution in [3.05, 3.63) is 71.3 Å². The van der Waals surface area contributed by atoms with Crippen molar-refractivity contribution < 1.29 is 18.6 Å². The van der Waals surface area contributed by atoms with Crippen LogP contribution in [0.25, 0.3) is 0 Å². The third-order valence-corrected chi connectivity index (χ3v) is 9.54. The molecule has 2 atom stereocenters. The van der Waals surface area contributed by atoms with Crippen LogP contribution >= 0.6 is 10.8 Å². The van der Waals surface area contributed by atoms with Crippen molar-refractivity contribution >= 4 is 16.7 Å². The molecule has 2 aliphatic heterocycles. The number of benzene rings is 2. The Labute approximate surface area is 192 Å². The summed E-state index contributed by atoms with van der Waals surface area (Å²) in [6.07, 6.45) is 3.00. The lowest BCUT2D eigenvalue weighted by Gasteiger charge is -2.54. The number of carbonyl (C=O) groups excluding carboxylic acids is 1. The van der Waals surface area contributed by atoms with E-state index in [9.17, 15) is 13.9 Å². The van der Waals surface area contributed by atoms with Crippen molar-refractivity contribution in [3.63, 3.8) is 0 Å². The Hall–Kier alpha value is -1.90. The molecule has 4 rings (SSSR count). The Morgan fingerprint density at radius 3 is 2.38 bits per heavy atom. The first-order valence-corrected chi connectivity index (χ1v) is 12.9. The summed E-state index contributed by atoms with van der Waals surface area (Å²) in [6.45, 7) is 3.67. The molecule has 2 saturated heterocycles. The second kappa shape index (κ2) is 9.53. The highest BCUT2D eigenvalue weighted by atomic mass is 32.3. The maximum Gasteiger partial charge on any atom is 0.230 e. The van der Waals surface area contributed by atoms with Gasteiger partial charge in [-0.15, -0.1) is 10.8 Å². The molecule has 2 fully saturated rings. The Morgan fingerprint density at radius 1 is 1.09 bits per heavy atom. The highest BCUT2D eigenvalue weighted by molar-refractivity contribution is 8.22. The highest BCUT2D eigenvalue weighted by Gasteiger charge is 2.42. The average Bonchev–Trinajstić information content (AvgIpc) is 2.82. The molecule has 2 aromatic carbocycles. The predicted molar refractivity (Wildman–Crippen MR) is 129 cm³/mol. The van der Waals surface area contributed by atoms with Gasteiger partial charge in [0.25, 0.3) is 0 Å². The zero-order chi connectivity index (χ0) is 22.8. The molecule has 2 unspecified atom stereocenters. The Balaban J connectivity index is 1.56. The lowest BCUT2D eigenvalue weighted by molar-refractivity contribution is -0.129. The molecule has 7 heteroatoms. The number of nitrogens with one attached hydrogen (secondary N) is 1. The van der Waals surface area contributed by atoms with E-state index in [1.165, 1.54) is 0 Å². The van der Waals surface area contributed by atoms with Crippen LogP contribution in [0.3, 0.4) is 0 Å².